The van der Waals surface area contributed by atoms with Crippen LogP contribution >= 0.6 is 0 Å². The Kier molecular flexibility index (Phi) is 3.00. The van der Waals surface area contributed by atoms with E-state index in [-0.39, 0.29) is 0 Å². The summed E-state index contributed by atoms with van der Waals surface area (Å²) >= 11 is -1.50. The van der Waals surface area contributed by atoms with Crippen molar-refractivity contribution < 1.29 is 0 Å². The minimum atomic E-state index is -1.50. The summed E-state index contributed by atoms with van der Waals surface area (Å²) in [5.74, 6) is 7.29. The van der Waals surface area contributed by atoms with Gasteiger partial charge in [-0.1, -0.05) is 0 Å². The van der Waals surface area contributed by atoms with E-state index in [2.05, 4.69) is 43.5 Å². The molecule has 0 fully saturated rings. The van der Waals surface area contributed by atoms with Crippen LogP contribution in [-0.4, -0.2) is 21.3 Å². The average molecular weight is 217 g/mol. The summed E-state index contributed by atoms with van der Waals surface area (Å²) in [5.41, 5.74) is 0. The van der Waals surface area contributed by atoms with E-state index in [4.69, 9.17) is 0 Å². The zero-order valence-electron chi connectivity index (χ0n) is 8.21. The molecular formula is C8H20GeSi. The number of hydrogen-bond acceptors (Lipinski definition) is 0. The van der Waals surface area contributed by atoms with Crippen LogP contribution < -0.4 is 0 Å². The van der Waals surface area contributed by atoms with Gasteiger partial charge < -0.3 is 0 Å². The molecule has 0 aliphatic carbocycles. The van der Waals surface area contributed by atoms with Crippen molar-refractivity contribution >= 4 is 21.3 Å². The van der Waals surface area contributed by atoms with Crippen LogP contribution in [-0.2, 0) is 0 Å². The molecule has 60 valence electrons. The molecule has 0 spiro atoms. The van der Waals surface area contributed by atoms with Crippen molar-refractivity contribution in [3.63, 3.8) is 0 Å². The molecule has 0 aromatic rings. The Hall–Kier alpha value is 0.500. The van der Waals surface area contributed by atoms with Gasteiger partial charge in [-0.25, -0.2) is 0 Å². The molecule has 0 atom stereocenters. The van der Waals surface area contributed by atoms with Gasteiger partial charge in [-0.05, 0) is 0 Å². The summed E-state index contributed by atoms with van der Waals surface area (Å²) in [7, 11) is -1.01. The molecule has 0 nitrogen and oxygen atoms in total. The summed E-state index contributed by atoms with van der Waals surface area (Å²) in [6.07, 6.45) is 0. The van der Waals surface area contributed by atoms with E-state index in [1.807, 2.05) is 0 Å². The van der Waals surface area contributed by atoms with E-state index in [0.717, 1.165) is 0 Å². The Labute approximate surface area is 69.1 Å². The molecule has 2 heteroatoms. The van der Waals surface area contributed by atoms with Crippen molar-refractivity contribution in [1.29, 1.82) is 0 Å². The van der Waals surface area contributed by atoms with Crippen LogP contribution in [0.15, 0.2) is 10.6 Å². The monoisotopic (exact) mass is 218 g/mol. The SMILES string of the molecule is C=[C]([Si](C)(C)C)[Ge]([CH3])([CH3])[CH3]. The number of hydrogen-bond donors (Lipinski definition) is 0. The predicted octanol–water partition coefficient (Wildman–Crippen LogP) is 3.30. The van der Waals surface area contributed by atoms with Crippen molar-refractivity contribution in [2.75, 3.05) is 0 Å². The van der Waals surface area contributed by atoms with Crippen LogP contribution in [0.25, 0.3) is 0 Å². The van der Waals surface area contributed by atoms with Crippen LogP contribution in [0.2, 0.25) is 36.9 Å². The first kappa shape index (κ1) is 10.5. The Morgan fingerprint density at radius 1 is 1.10 bits per heavy atom. The van der Waals surface area contributed by atoms with Gasteiger partial charge >= 0.3 is 68.9 Å². The van der Waals surface area contributed by atoms with E-state index in [0.29, 0.717) is 0 Å². The molecule has 0 aliphatic rings. The molecule has 0 N–H and O–H groups in total. The molecule has 0 unspecified atom stereocenters. The van der Waals surface area contributed by atoms with Crippen molar-refractivity contribution in [2.45, 2.75) is 36.9 Å². The van der Waals surface area contributed by atoms with Crippen LogP contribution in [0.5, 0.6) is 0 Å². The topological polar surface area (TPSA) is 0 Å². The van der Waals surface area contributed by atoms with Gasteiger partial charge in [0.25, 0.3) is 0 Å². The third-order valence-electron chi connectivity index (χ3n) is 1.81. The van der Waals surface area contributed by atoms with Gasteiger partial charge in [0.2, 0.25) is 0 Å². The third kappa shape index (κ3) is 3.06. The molecule has 0 aromatic heterocycles. The van der Waals surface area contributed by atoms with Crippen LogP contribution in [0.3, 0.4) is 0 Å². The average Bonchev–Trinajstić information content (AvgIpc) is 1.59. The summed E-state index contributed by atoms with van der Waals surface area (Å²) in [5, 5.41) is 0. The summed E-state index contributed by atoms with van der Waals surface area (Å²) in [6.45, 7) is 11.4. The first-order valence-electron chi connectivity index (χ1n) is 3.85. The summed E-state index contributed by atoms with van der Waals surface area (Å²) in [4.78, 5) is 0. The van der Waals surface area contributed by atoms with Crippen LogP contribution in [0.1, 0.15) is 0 Å². The first-order valence-corrected chi connectivity index (χ1v) is 14.7. The predicted molar refractivity (Wildman–Crippen MR) is 55.8 cm³/mol. The Balaban J connectivity index is 4.40. The van der Waals surface area contributed by atoms with E-state index in [1.165, 1.54) is 0 Å². The third-order valence-corrected chi connectivity index (χ3v) is 16.0. The van der Waals surface area contributed by atoms with E-state index < -0.39 is 21.3 Å². The van der Waals surface area contributed by atoms with Crippen molar-refractivity contribution in [3.8, 4) is 0 Å². The van der Waals surface area contributed by atoms with Crippen LogP contribution in [0.4, 0.5) is 0 Å². The molecule has 0 aliphatic heterocycles. The number of rotatable bonds is 2. The maximum absolute atomic E-state index is 4.24. The first-order chi connectivity index (χ1) is 4.15. The Morgan fingerprint density at radius 2 is 1.40 bits per heavy atom. The van der Waals surface area contributed by atoms with Crippen molar-refractivity contribution in [1.82, 2.24) is 0 Å². The van der Waals surface area contributed by atoms with E-state index >= 15 is 0 Å². The zero-order chi connectivity index (χ0) is 8.58. The van der Waals surface area contributed by atoms with Crippen LogP contribution in [0, 0.1) is 0 Å². The van der Waals surface area contributed by atoms with E-state index in [9.17, 15) is 0 Å². The standard InChI is InChI=1S/C8H20GeSi/c1-8(9(2,3)4)10(5,6)7/h1H2,2-7H3. The van der Waals surface area contributed by atoms with Gasteiger partial charge in [0, 0.05) is 0 Å². The molecule has 0 saturated carbocycles. The molecular weight excluding hydrogens is 197 g/mol. The molecule has 0 bridgehead atoms. The van der Waals surface area contributed by atoms with E-state index in [1.54, 1.807) is 4.03 Å². The second-order valence-electron chi connectivity index (χ2n) is 4.98. The quantitative estimate of drug-likeness (QED) is 0.622. The molecule has 0 heterocycles. The summed E-state index contributed by atoms with van der Waals surface area (Å²) < 4.78 is 1.65. The second kappa shape index (κ2) is 2.86. The Morgan fingerprint density at radius 3 is 1.40 bits per heavy atom. The van der Waals surface area contributed by atoms with Gasteiger partial charge in [-0.15, -0.1) is 0 Å². The van der Waals surface area contributed by atoms with Gasteiger partial charge in [0.05, 0.1) is 0 Å². The van der Waals surface area contributed by atoms with Gasteiger partial charge in [-0.2, -0.15) is 0 Å². The minimum absolute atomic E-state index is 1.01. The fraction of sp³-hybridized carbons (Fsp3) is 0.750. The zero-order valence-corrected chi connectivity index (χ0v) is 11.3. The second-order valence-corrected chi connectivity index (χ2v) is 21.8. The molecule has 0 radical (unpaired) electrons. The molecule has 0 aromatic carbocycles. The van der Waals surface area contributed by atoms with Gasteiger partial charge in [-0.3, -0.25) is 0 Å². The fourth-order valence-corrected chi connectivity index (χ4v) is 17.5. The Bertz CT molecular complexity index is 120. The molecule has 0 rings (SSSR count). The van der Waals surface area contributed by atoms with Gasteiger partial charge in [0.15, 0.2) is 0 Å². The van der Waals surface area contributed by atoms with Crippen molar-refractivity contribution in [3.05, 3.63) is 10.6 Å². The maximum atomic E-state index is 4.24. The van der Waals surface area contributed by atoms with Crippen molar-refractivity contribution in [2.24, 2.45) is 0 Å². The normalized spacial score (nSPS) is 13.4. The van der Waals surface area contributed by atoms with Gasteiger partial charge in [0.1, 0.15) is 0 Å². The molecule has 10 heavy (non-hydrogen) atoms. The summed E-state index contributed by atoms with van der Waals surface area (Å²) in [6, 6.07) is 0. The fourth-order valence-electron chi connectivity index (χ4n) is 1.12. The molecule has 0 amide bonds. The molecule has 0 saturated heterocycles.